The van der Waals surface area contributed by atoms with Gasteiger partial charge in [0.2, 0.25) is 5.91 Å². The maximum atomic E-state index is 12.4. The maximum absolute atomic E-state index is 12.4. The van der Waals surface area contributed by atoms with Crippen LogP contribution in [0.1, 0.15) is 25.0 Å². The number of hydrogen-bond donors (Lipinski definition) is 1. The molecule has 21 heavy (non-hydrogen) atoms. The van der Waals surface area contributed by atoms with Gasteiger partial charge in [-0.1, -0.05) is 6.07 Å². The molecule has 1 fully saturated rings. The minimum Gasteiger partial charge on any atom is -0.481 e. The fraction of sp³-hybridized carbons (Fsp3) is 0.400. The van der Waals surface area contributed by atoms with Crippen molar-refractivity contribution in [3.63, 3.8) is 0 Å². The molecule has 0 aromatic carbocycles. The zero-order valence-corrected chi connectivity index (χ0v) is 11.6. The Kier molecular flexibility index (Phi) is 3.60. The van der Waals surface area contributed by atoms with Crippen molar-refractivity contribution < 1.29 is 14.7 Å². The number of rotatable bonds is 6. The molecule has 0 spiro atoms. The number of aliphatic carboxylic acids is 1. The first kappa shape index (κ1) is 13.6. The van der Waals surface area contributed by atoms with E-state index in [2.05, 4.69) is 4.98 Å². The van der Waals surface area contributed by atoms with Crippen LogP contribution in [-0.2, 0) is 16.0 Å². The summed E-state index contributed by atoms with van der Waals surface area (Å²) in [7, 11) is 0. The molecule has 1 N–H and O–H groups in total. The Bertz CT molecular complexity index is 643. The Balaban J connectivity index is 1.69. The molecule has 1 saturated carbocycles. The predicted octanol–water partition coefficient (Wildman–Crippen LogP) is 1.34. The molecule has 0 atom stereocenters. The summed E-state index contributed by atoms with van der Waals surface area (Å²) in [5.74, 6) is -0.914. The van der Waals surface area contributed by atoms with Crippen molar-refractivity contribution in [2.45, 2.75) is 31.7 Å². The lowest BCUT2D eigenvalue weighted by atomic mass is 10.2. The second kappa shape index (κ2) is 5.55. The first-order chi connectivity index (χ1) is 10.1. The van der Waals surface area contributed by atoms with Crippen LogP contribution in [0.25, 0.3) is 5.65 Å². The largest absolute Gasteiger partial charge is 0.481 e. The third kappa shape index (κ3) is 3.21. The summed E-state index contributed by atoms with van der Waals surface area (Å²) in [6.45, 7) is 0.284. The molecular weight excluding hydrogens is 270 g/mol. The van der Waals surface area contributed by atoms with Crippen LogP contribution in [0.3, 0.4) is 0 Å². The number of fused-ring (bicyclic) bond motifs is 1. The molecule has 110 valence electrons. The lowest BCUT2D eigenvalue weighted by molar-refractivity contribution is -0.138. The molecule has 0 radical (unpaired) electrons. The van der Waals surface area contributed by atoms with E-state index in [0.717, 1.165) is 18.5 Å². The molecule has 0 aliphatic heterocycles. The Morgan fingerprint density at radius 3 is 2.86 bits per heavy atom. The number of aromatic nitrogens is 2. The fourth-order valence-electron chi connectivity index (χ4n) is 2.44. The summed E-state index contributed by atoms with van der Waals surface area (Å²) in [6, 6.07) is 5.91. The van der Waals surface area contributed by atoms with Crippen molar-refractivity contribution in [3.8, 4) is 0 Å². The van der Waals surface area contributed by atoms with Gasteiger partial charge in [0, 0.05) is 25.0 Å². The molecule has 1 aliphatic rings. The van der Waals surface area contributed by atoms with Gasteiger partial charge < -0.3 is 14.4 Å². The van der Waals surface area contributed by atoms with Gasteiger partial charge in [0.1, 0.15) is 5.65 Å². The molecule has 0 saturated heterocycles. The van der Waals surface area contributed by atoms with Crippen LogP contribution in [-0.4, -0.2) is 43.9 Å². The highest BCUT2D eigenvalue weighted by Gasteiger charge is 2.32. The standard InChI is InChI=1S/C15H17N3O3/c19-14(18(12-4-5-12)8-6-15(20)21)9-11-10-17-7-2-1-3-13(17)16-11/h1-3,7,10,12H,4-6,8-9H2,(H,20,21). The summed E-state index contributed by atoms with van der Waals surface area (Å²) >= 11 is 0. The molecule has 2 aromatic heterocycles. The third-order valence-corrected chi connectivity index (χ3v) is 3.62. The highest BCUT2D eigenvalue weighted by atomic mass is 16.4. The Morgan fingerprint density at radius 1 is 1.38 bits per heavy atom. The molecule has 1 aliphatic carbocycles. The van der Waals surface area contributed by atoms with E-state index in [0.29, 0.717) is 5.69 Å². The average Bonchev–Trinajstić information content (AvgIpc) is 3.18. The number of hydrogen-bond acceptors (Lipinski definition) is 3. The van der Waals surface area contributed by atoms with E-state index < -0.39 is 5.97 Å². The zero-order valence-electron chi connectivity index (χ0n) is 11.6. The summed E-state index contributed by atoms with van der Waals surface area (Å²) in [6.07, 6.45) is 5.88. The van der Waals surface area contributed by atoms with Crippen molar-refractivity contribution >= 4 is 17.5 Å². The predicted molar refractivity (Wildman–Crippen MR) is 75.9 cm³/mol. The van der Waals surface area contributed by atoms with E-state index in [-0.39, 0.29) is 31.3 Å². The third-order valence-electron chi connectivity index (χ3n) is 3.62. The molecule has 1 amide bonds. The summed E-state index contributed by atoms with van der Waals surface area (Å²) in [5, 5.41) is 8.78. The van der Waals surface area contributed by atoms with Crippen LogP contribution in [0, 0.1) is 0 Å². The molecular formula is C15H17N3O3. The van der Waals surface area contributed by atoms with E-state index in [1.807, 2.05) is 35.0 Å². The quantitative estimate of drug-likeness (QED) is 0.870. The van der Waals surface area contributed by atoms with E-state index in [1.165, 1.54) is 0 Å². The molecule has 6 heteroatoms. The molecule has 0 unspecified atom stereocenters. The van der Waals surface area contributed by atoms with Gasteiger partial charge in [-0.15, -0.1) is 0 Å². The number of pyridine rings is 1. The van der Waals surface area contributed by atoms with E-state index >= 15 is 0 Å². The lowest BCUT2D eigenvalue weighted by Crippen LogP contribution is -2.36. The molecule has 3 rings (SSSR count). The highest BCUT2D eigenvalue weighted by molar-refractivity contribution is 5.79. The minimum atomic E-state index is -0.874. The number of nitrogens with zero attached hydrogens (tertiary/aromatic N) is 3. The van der Waals surface area contributed by atoms with E-state index in [1.54, 1.807) is 4.90 Å². The fourth-order valence-corrected chi connectivity index (χ4v) is 2.44. The van der Waals surface area contributed by atoms with Crippen molar-refractivity contribution in [1.82, 2.24) is 14.3 Å². The van der Waals surface area contributed by atoms with E-state index in [4.69, 9.17) is 5.11 Å². The van der Waals surface area contributed by atoms with Crippen LogP contribution in [0.5, 0.6) is 0 Å². The van der Waals surface area contributed by atoms with Gasteiger partial charge in [0.15, 0.2) is 0 Å². The SMILES string of the molecule is O=C(O)CCN(C(=O)Cc1cn2ccccc2n1)C1CC1. The number of imidazole rings is 1. The molecule has 2 heterocycles. The smallest absolute Gasteiger partial charge is 0.305 e. The minimum absolute atomic E-state index is 0.00654. The van der Waals surface area contributed by atoms with Crippen molar-refractivity contribution in [3.05, 3.63) is 36.3 Å². The lowest BCUT2D eigenvalue weighted by Gasteiger charge is -2.21. The van der Waals surface area contributed by atoms with Gasteiger partial charge in [-0.2, -0.15) is 0 Å². The van der Waals surface area contributed by atoms with Crippen molar-refractivity contribution in [2.75, 3.05) is 6.54 Å². The molecule has 0 bridgehead atoms. The Hall–Kier alpha value is -2.37. The maximum Gasteiger partial charge on any atom is 0.305 e. The van der Waals surface area contributed by atoms with Crippen LogP contribution >= 0.6 is 0 Å². The summed E-state index contributed by atoms with van der Waals surface area (Å²) in [5.41, 5.74) is 1.52. The number of carbonyl (C=O) groups is 2. The van der Waals surface area contributed by atoms with E-state index in [9.17, 15) is 9.59 Å². The molecule has 2 aromatic rings. The van der Waals surface area contributed by atoms with Gasteiger partial charge in [-0.25, -0.2) is 4.98 Å². The average molecular weight is 287 g/mol. The van der Waals surface area contributed by atoms with Crippen LogP contribution < -0.4 is 0 Å². The van der Waals surface area contributed by atoms with Crippen LogP contribution in [0.4, 0.5) is 0 Å². The second-order valence-corrected chi connectivity index (χ2v) is 5.34. The number of carboxylic acid groups (broad SMARTS) is 1. The van der Waals surface area contributed by atoms with Gasteiger partial charge >= 0.3 is 5.97 Å². The second-order valence-electron chi connectivity index (χ2n) is 5.34. The topological polar surface area (TPSA) is 74.9 Å². The van der Waals surface area contributed by atoms with Gasteiger partial charge in [0.25, 0.3) is 0 Å². The van der Waals surface area contributed by atoms with Crippen LogP contribution in [0.15, 0.2) is 30.6 Å². The summed E-state index contributed by atoms with van der Waals surface area (Å²) < 4.78 is 1.88. The van der Waals surface area contributed by atoms with Crippen LogP contribution in [0.2, 0.25) is 0 Å². The normalized spacial score (nSPS) is 14.3. The number of carboxylic acids is 1. The first-order valence-electron chi connectivity index (χ1n) is 7.07. The summed E-state index contributed by atoms with van der Waals surface area (Å²) in [4.78, 5) is 29.2. The van der Waals surface area contributed by atoms with Gasteiger partial charge in [-0.05, 0) is 25.0 Å². The monoisotopic (exact) mass is 287 g/mol. The van der Waals surface area contributed by atoms with Crippen molar-refractivity contribution in [2.24, 2.45) is 0 Å². The highest BCUT2D eigenvalue weighted by Crippen LogP contribution is 2.27. The first-order valence-corrected chi connectivity index (χ1v) is 7.07. The zero-order chi connectivity index (χ0) is 14.8. The number of amides is 1. The Morgan fingerprint density at radius 2 is 2.19 bits per heavy atom. The Labute approximate surface area is 122 Å². The number of carbonyl (C=O) groups excluding carboxylic acids is 1. The van der Waals surface area contributed by atoms with Crippen molar-refractivity contribution in [1.29, 1.82) is 0 Å². The van der Waals surface area contributed by atoms with Gasteiger partial charge in [0.05, 0.1) is 18.5 Å². The van der Waals surface area contributed by atoms with Gasteiger partial charge in [-0.3, -0.25) is 9.59 Å². The molecule has 6 nitrogen and oxygen atoms in total.